The first-order valence-electron chi connectivity index (χ1n) is 14.7. The Bertz CT molecular complexity index is 1880. The van der Waals surface area contributed by atoms with Crippen LogP contribution in [-0.4, -0.2) is 74.2 Å². The number of halogens is 3. The molecule has 0 bridgehead atoms. The molecule has 2 unspecified atom stereocenters. The Balaban J connectivity index is 1.39. The van der Waals surface area contributed by atoms with Gasteiger partial charge in [0.15, 0.2) is 0 Å². The Labute approximate surface area is 258 Å². The van der Waals surface area contributed by atoms with Crippen molar-refractivity contribution >= 4 is 43.7 Å². The topological polar surface area (TPSA) is 114 Å². The number of fused-ring (bicyclic) bond motifs is 1. The van der Waals surface area contributed by atoms with Gasteiger partial charge in [-0.1, -0.05) is 13.8 Å². The van der Waals surface area contributed by atoms with Crippen molar-refractivity contribution in [3.63, 3.8) is 0 Å². The Kier molecular flexibility index (Phi) is 8.31. The van der Waals surface area contributed by atoms with Gasteiger partial charge in [0, 0.05) is 72.1 Å². The van der Waals surface area contributed by atoms with E-state index in [0.29, 0.717) is 73.0 Å². The number of rotatable bonds is 7. The largest absolute Gasteiger partial charge is 0.418 e. The molecule has 0 amide bonds. The zero-order valence-corrected chi connectivity index (χ0v) is 25.7. The molecule has 1 aromatic carbocycles. The maximum Gasteiger partial charge on any atom is 0.418 e. The molecule has 238 valence electrons. The first-order valence-corrected chi connectivity index (χ1v) is 16.5. The molecule has 0 spiro atoms. The number of aromatic nitrogens is 4. The second-order valence-electron chi connectivity index (χ2n) is 11.5. The lowest BCUT2D eigenvalue weighted by Crippen LogP contribution is -2.44. The van der Waals surface area contributed by atoms with Crippen molar-refractivity contribution in [1.29, 1.82) is 0 Å². The van der Waals surface area contributed by atoms with Crippen LogP contribution in [0.15, 0.2) is 58.5 Å². The van der Waals surface area contributed by atoms with Crippen molar-refractivity contribution in [2.24, 2.45) is 0 Å². The van der Waals surface area contributed by atoms with Crippen LogP contribution < -0.4 is 21.1 Å². The lowest BCUT2D eigenvalue weighted by Gasteiger charge is -2.31. The number of ether oxygens (including phenoxy) is 1. The predicted molar refractivity (Wildman–Crippen MR) is 170 cm³/mol. The Hall–Kier alpha value is -4.01. The third-order valence-electron chi connectivity index (χ3n) is 8.23. The molecule has 2 aliphatic heterocycles. The molecule has 0 saturated carbocycles. The predicted octanol–water partition coefficient (Wildman–Crippen LogP) is 4.47. The first-order chi connectivity index (χ1) is 21.4. The minimum atomic E-state index is -4.56. The molecule has 3 aromatic heterocycles. The van der Waals surface area contributed by atoms with E-state index in [9.17, 15) is 22.2 Å². The quantitative estimate of drug-likeness (QED) is 0.282. The SMILES string of the molecule is C=S(=O)(c1ccc(-c2cc3cnc(Nc4ccc(N5CCNCC5)c(C(F)(F)F)c4)nc3n(C3CCOC3)c2=O)nc1)C(C)C. The van der Waals surface area contributed by atoms with Crippen molar-refractivity contribution in [2.45, 2.75) is 42.6 Å². The molecule has 2 saturated heterocycles. The molecule has 4 aromatic rings. The molecular weight excluding hydrogens is 607 g/mol. The number of nitrogens with zero attached hydrogens (tertiary/aromatic N) is 5. The van der Waals surface area contributed by atoms with Crippen LogP contribution in [0.1, 0.15) is 31.9 Å². The summed E-state index contributed by atoms with van der Waals surface area (Å²) in [7, 11) is -2.55. The average molecular weight is 642 g/mol. The van der Waals surface area contributed by atoms with E-state index in [1.54, 1.807) is 33.7 Å². The molecule has 2 atom stereocenters. The van der Waals surface area contributed by atoms with Gasteiger partial charge in [-0.15, -0.1) is 0 Å². The van der Waals surface area contributed by atoms with Crippen LogP contribution in [0.2, 0.25) is 0 Å². The highest BCUT2D eigenvalue weighted by atomic mass is 32.2. The molecule has 0 radical (unpaired) electrons. The van der Waals surface area contributed by atoms with Gasteiger partial charge in [0.1, 0.15) is 5.65 Å². The van der Waals surface area contributed by atoms with E-state index in [0.717, 1.165) is 6.07 Å². The van der Waals surface area contributed by atoms with Crippen LogP contribution in [0.25, 0.3) is 22.3 Å². The zero-order valence-electron chi connectivity index (χ0n) is 24.9. The monoisotopic (exact) mass is 641 g/mol. The number of hydrogen-bond acceptors (Lipinski definition) is 9. The van der Waals surface area contributed by atoms with E-state index in [2.05, 4.69) is 31.5 Å². The summed E-state index contributed by atoms with van der Waals surface area (Å²) in [4.78, 5) is 29.6. The van der Waals surface area contributed by atoms with Gasteiger partial charge in [-0.05, 0) is 58.2 Å². The van der Waals surface area contributed by atoms with Crippen LogP contribution in [0.3, 0.4) is 0 Å². The van der Waals surface area contributed by atoms with Crippen LogP contribution in [0.5, 0.6) is 0 Å². The van der Waals surface area contributed by atoms with Crippen molar-refractivity contribution in [3.8, 4) is 11.3 Å². The second-order valence-corrected chi connectivity index (χ2v) is 14.3. The van der Waals surface area contributed by atoms with Crippen molar-refractivity contribution in [2.75, 3.05) is 49.6 Å². The normalized spacial score (nSPS) is 18.8. The fourth-order valence-corrected chi connectivity index (χ4v) is 6.67. The summed E-state index contributed by atoms with van der Waals surface area (Å²) in [5.41, 5.74) is 0.223. The third kappa shape index (κ3) is 6.14. The fraction of sp³-hybridized carbons (Fsp3) is 0.387. The van der Waals surface area contributed by atoms with Crippen LogP contribution >= 0.6 is 0 Å². The summed E-state index contributed by atoms with van der Waals surface area (Å²) in [6, 6.07) is 8.75. The van der Waals surface area contributed by atoms with Crippen LogP contribution in [-0.2, 0) is 20.4 Å². The summed E-state index contributed by atoms with van der Waals surface area (Å²) in [6.07, 6.45) is -0.969. The molecule has 5 heterocycles. The highest BCUT2D eigenvalue weighted by molar-refractivity contribution is 8.00. The molecule has 2 fully saturated rings. The molecule has 6 rings (SSSR count). The van der Waals surface area contributed by atoms with Crippen LogP contribution in [0, 0.1) is 0 Å². The van der Waals surface area contributed by atoms with E-state index >= 15 is 0 Å². The van der Waals surface area contributed by atoms with Crippen molar-refractivity contribution in [3.05, 3.63) is 64.7 Å². The summed E-state index contributed by atoms with van der Waals surface area (Å²) in [5.74, 6) is 3.92. The Morgan fingerprint density at radius 3 is 2.53 bits per heavy atom. The van der Waals surface area contributed by atoms with Gasteiger partial charge in [-0.2, -0.15) is 18.2 Å². The minimum Gasteiger partial charge on any atom is -0.379 e. The van der Waals surface area contributed by atoms with E-state index in [1.807, 2.05) is 13.8 Å². The maximum atomic E-state index is 14.1. The molecule has 45 heavy (non-hydrogen) atoms. The van der Waals surface area contributed by atoms with Gasteiger partial charge >= 0.3 is 6.18 Å². The van der Waals surface area contributed by atoms with E-state index < -0.39 is 21.3 Å². The minimum absolute atomic E-state index is 0.0479. The number of pyridine rings is 2. The van der Waals surface area contributed by atoms with Gasteiger partial charge in [0.25, 0.3) is 5.56 Å². The smallest absolute Gasteiger partial charge is 0.379 e. The third-order valence-corrected chi connectivity index (χ3v) is 10.8. The lowest BCUT2D eigenvalue weighted by molar-refractivity contribution is -0.137. The van der Waals surface area contributed by atoms with Gasteiger partial charge in [-0.25, -0.2) is 4.98 Å². The highest BCUT2D eigenvalue weighted by Crippen LogP contribution is 2.39. The molecular formula is C31H34F3N7O3S. The molecule has 0 aliphatic carbocycles. The number of alkyl halides is 3. The molecule has 10 nitrogen and oxygen atoms in total. The number of nitrogens with one attached hydrogen (secondary N) is 2. The number of anilines is 3. The molecule has 14 heteroatoms. The summed E-state index contributed by atoms with van der Waals surface area (Å²) >= 11 is 0. The van der Waals surface area contributed by atoms with Gasteiger partial charge < -0.3 is 20.3 Å². The van der Waals surface area contributed by atoms with E-state index in [-0.39, 0.29) is 34.2 Å². The van der Waals surface area contributed by atoms with E-state index in [1.165, 1.54) is 18.5 Å². The van der Waals surface area contributed by atoms with Crippen molar-refractivity contribution in [1.82, 2.24) is 24.8 Å². The lowest BCUT2D eigenvalue weighted by atomic mass is 10.1. The fourth-order valence-electron chi connectivity index (χ4n) is 5.60. The second kappa shape index (κ2) is 12.1. The van der Waals surface area contributed by atoms with E-state index in [4.69, 9.17) is 4.74 Å². The standard InChI is InChI=1S/C31H34F3N7O3S/c1-19(2)45(3,43)23-5-6-26(36-17-23)24-14-20-16-37-30(39-28(20)41(29(24)42)22-8-13-44-18-22)38-21-4-7-27(25(15-21)31(32,33)34)40-11-9-35-10-12-40/h4-7,14-17,19,22,35H,3,8-13,18H2,1-2H3,(H,37,38,39). The Morgan fingerprint density at radius 2 is 1.89 bits per heavy atom. The number of piperazine rings is 1. The highest BCUT2D eigenvalue weighted by Gasteiger charge is 2.35. The van der Waals surface area contributed by atoms with Gasteiger partial charge in [0.05, 0.1) is 29.5 Å². The van der Waals surface area contributed by atoms with Crippen molar-refractivity contribution < 1.29 is 22.1 Å². The summed E-state index contributed by atoms with van der Waals surface area (Å²) in [5, 5.41) is 6.42. The average Bonchev–Trinajstić information content (AvgIpc) is 3.55. The zero-order chi connectivity index (χ0) is 31.9. The summed E-state index contributed by atoms with van der Waals surface area (Å²) in [6.45, 7) is 6.59. The van der Waals surface area contributed by atoms with Crippen LogP contribution in [0.4, 0.5) is 30.5 Å². The van der Waals surface area contributed by atoms with Gasteiger partial charge in [0.2, 0.25) is 5.95 Å². The maximum absolute atomic E-state index is 14.1. The van der Waals surface area contributed by atoms with Gasteiger partial charge in [-0.3, -0.25) is 18.6 Å². The number of benzene rings is 1. The first kappa shape index (κ1) is 31.0. The Morgan fingerprint density at radius 1 is 1.11 bits per heavy atom. The number of hydrogen-bond donors (Lipinski definition) is 2. The molecule has 2 N–H and O–H groups in total. The summed E-state index contributed by atoms with van der Waals surface area (Å²) < 4.78 is 62.5. The molecule has 2 aliphatic rings.